The van der Waals surface area contributed by atoms with Gasteiger partial charge in [0, 0.05) is 0 Å². The Morgan fingerprint density at radius 3 is 2.13 bits per heavy atom. The standard InChI is InChI=1S/C7H12N2O6/c8-3(2-10)6(13)9-4(7(14)15)1-5(11)12/h3-4,10H,1-2,8H2,(H,9,13)(H,11,12)(H,14,15)/t3-,4+/m1/s1. The van der Waals surface area contributed by atoms with Gasteiger partial charge < -0.3 is 26.4 Å². The smallest absolute Gasteiger partial charge is 0.326 e. The number of hydrogen-bond acceptors (Lipinski definition) is 5. The van der Waals surface area contributed by atoms with Crippen molar-refractivity contribution in [3.05, 3.63) is 0 Å². The number of aliphatic carboxylic acids is 2. The Hall–Kier alpha value is -1.67. The van der Waals surface area contributed by atoms with E-state index in [2.05, 4.69) is 0 Å². The fraction of sp³-hybridized carbons (Fsp3) is 0.571. The summed E-state index contributed by atoms with van der Waals surface area (Å²) in [4.78, 5) is 31.8. The first kappa shape index (κ1) is 13.3. The van der Waals surface area contributed by atoms with E-state index in [1.54, 1.807) is 0 Å². The van der Waals surface area contributed by atoms with E-state index in [-0.39, 0.29) is 0 Å². The molecule has 0 unspecified atom stereocenters. The zero-order valence-corrected chi connectivity index (χ0v) is 7.71. The number of carbonyl (C=O) groups is 3. The first-order valence-electron chi connectivity index (χ1n) is 4.00. The van der Waals surface area contributed by atoms with Gasteiger partial charge in [-0.25, -0.2) is 4.79 Å². The molecule has 0 heterocycles. The van der Waals surface area contributed by atoms with Gasteiger partial charge in [-0.15, -0.1) is 0 Å². The van der Waals surface area contributed by atoms with E-state index in [0.717, 1.165) is 0 Å². The number of aliphatic hydroxyl groups excluding tert-OH is 1. The maximum Gasteiger partial charge on any atom is 0.326 e. The predicted molar refractivity (Wildman–Crippen MR) is 46.9 cm³/mol. The third kappa shape index (κ3) is 4.93. The summed E-state index contributed by atoms with van der Waals surface area (Å²) in [5, 5.41) is 27.3. The Morgan fingerprint density at radius 1 is 1.27 bits per heavy atom. The topological polar surface area (TPSA) is 150 Å². The largest absolute Gasteiger partial charge is 0.481 e. The Kier molecular flexibility index (Phi) is 5.27. The summed E-state index contributed by atoms with van der Waals surface area (Å²) >= 11 is 0. The SMILES string of the molecule is N[C@H](CO)C(=O)N[C@@H](CC(=O)O)C(=O)O. The van der Waals surface area contributed by atoms with Crippen molar-refractivity contribution in [2.45, 2.75) is 18.5 Å². The quantitative estimate of drug-likeness (QED) is 0.328. The summed E-state index contributed by atoms with van der Waals surface area (Å²) in [5.74, 6) is -3.75. The molecular formula is C7H12N2O6. The molecule has 6 N–H and O–H groups in total. The second-order valence-electron chi connectivity index (χ2n) is 2.79. The number of carbonyl (C=O) groups excluding carboxylic acids is 1. The molecule has 86 valence electrons. The van der Waals surface area contributed by atoms with Gasteiger partial charge in [-0.05, 0) is 0 Å². The van der Waals surface area contributed by atoms with Gasteiger partial charge in [0.25, 0.3) is 0 Å². The highest BCUT2D eigenvalue weighted by Crippen LogP contribution is 1.93. The van der Waals surface area contributed by atoms with Gasteiger partial charge in [0.15, 0.2) is 0 Å². The molecule has 0 aromatic carbocycles. The van der Waals surface area contributed by atoms with E-state index in [4.69, 9.17) is 21.1 Å². The maximum atomic E-state index is 11.0. The van der Waals surface area contributed by atoms with E-state index >= 15 is 0 Å². The molecule has 0 aromatic rings. The van der Waals surface area contributed by atoms with Crippen molar-refractivity contribution in [2.75, 3.05) is 6.61 Å². The van der Waals surface area contributed by atoms with Crippen molar-refractivity contribution in [1.82, 2.24) is 5.32 Å². The van der Waals surface area contributed by atoms with Crippen molar-refractivity contribution in [2.24, 2.45) is 5.73 Å². The maximum absolute atomic E-state index is 11.0. The van der Waals surface area contributed by atoms with Crippen LogP contribution in [-0.2, 0) is 14.4 Å². The van der Waals surface area contributed by atoms with E-state index in [1.165, 1.54) is 0 Å². The Morgan fingerprint density at radius 2 is 1.80 bits per heavy atom. The predicted octanol–water partition coefficient (Wildman–Crippen LogP) is -2.65. The Bertz CT molecular complexity index is 266. The lowest BCUT2D eigenvalue weighted by Gasteiger charge is -2.14. The third-order valence-electron chi connectivity index (χ3n) is 1.53. The van der Waals surface area contributed by atoms with Crippen LogP contribution in [0.5, 0.6) is 0 Å². The first-order valence-corrected chi connectivity index (χ1v) is 4.00. The van der Waals surface area contributed by atoms with Crippen molar-refractivity contribution in [3.8, 4) is 0 Å². The molecule has 8 heteroatoms. The Labute approximate surface area is 84.7 Å². The van der Waals surface area contributed by atoms with Crippen LogP contribution in [-0.4, -0.2) is 51.9 Å². The van der Waals surface area contributed by atoms with Gasteiger partial charge in [-0.2, -0.15) is 0 Å². The van der Waals surface area contributed by atoms with Gasteiger partial charge in [-0.3, -0.25) is 9.59 Å². The van der Waals surface area contributed by atoms with Gasteiger partial charge in [0.1, 0.15) is 12.1 Å². The van der Waals surface area contributed by atoms with Crippen LogP contribution >= 0.6 is 0 Å². The molecule has 0 fully saturated rings. The average Bonchev–Trinajstić information content (AvgIpc) is 2.14. The van der Waals surface area contributed by atoms with Crippen LogP contribution in [0.15, 0.2) is 0 Å². The summed E-state index contributed by atoms with van der Waals surface area (Å²) < 4.78 is 0. The molecule has 0 aliphatic carbocycles. The number of carboxylic acids is 2. The van der Waals surface area contributed by atoms with Crippen molar-refractivity contribution >= 4 is 17.8 Å². The monoisotopic (exact) mass is 220 g/mol. The van der Waals surface area contributed by atoms with E-state index < -0.39 is 43.0 Å². The molecule has 0 rings (SSSR count). The molecule has 0 bridgehead atoms. The molecule has 0 spiro atoms. The molecule has 0 radical (unpaired) electrons. The van der Waals surface area contributed by atoms with Crippen molar-refractivity contribution < 1.29 is 29.7 Å². The molecule has 8 nitrogen and oxygen atoms in total. The second kappa shape index (κ2) is 5.94. The third-order valence-corrected chi connectivity index (χ3v) is 1.53. The number of rotatable bonds is 6. The van der Waals surface area contributed by atoms with Crippen molar-refractivity contribution in [1.29, 1.82) is 0 Å². The summed E-state index contributed by atoms with van der Waals surface area (Å²) in [6.45, 7) is -0.648. The zero-order chi connectivity index (χ0) is 12.0. The minimum absolute atomic E-state index is 0.648. The number of amides is 1. The zero-order valence-electron chi connectivity index (χ0n) is 7.71. The molecule has 2 atom stereocenters. The van der Waals surface area contributed by atoms with Gasteiger partial charge in [0.2, 0.25) is 5.91 Å². The summed E-state index contributed by atoms with van der Waals surface area (Å²) in [5.41, 5.74) is 5.09. The molecular weight excluding hydrogens is 208 g/mol. The van der Waals surface area contributed by atoms with E-state index in [1.807, 2.05) is 5.32 Å². The van der Waals surface area contributed by atoms with Crippen LogP contribution in [0.25, 0.3) is 0 Å². The number of nitrogens with two attached hydrogens (primary N) is 1. The summed E-state index contributed by atoms with van der Waals surface area (Å²) in [7, 11) is 0. The number of carboxylic acid groups (broad SMARTS) is 2. The number of nitrogens with one attached hydrogen (secondary N) is 1. The van der Waals surface area contributed by atoms with Crippen LogP contribution in [0.1, 0.15) is 6.42 Å². The molecule has 0 aliphatic heterocycles. The highest BCUT2D eigenvalue weighted by molar-refractivity contribution is 5.89. The number of aliphatic hydroxyl groups is 1. The molecule has 0 aromatic heterocycles. The van der Waals surface area contributed by atoms with E-state index in [0.29, 0.717) is 0 Å². The van der Waals surface area contributed by atoms with Gasteiger partial charge >= 0.3 is 11.9 Å². The minimum atomic E-state index is -1.55. The van der Waals surface area contributed by atoms with Gasteiger partial charge in [-0.1, -0.05) is 0 Å². The normalized spacial score (nSPS) is 14.0. The van der Waals surface area contributed by atoms with Crippen molar-refractivity contribution in [3.63, 3.8) is 0 Å². The molecule has 0 saturated heterocycles. The molecule has 1 amide bonds. The molecule has 0 aliphatic rings. The van der Waals surface area contributed by atoms with Crippen LogP contribution in [0.4, 0.5) is 0 Å². The van der Waals surface area contributed by atoms with Crippen LogP contribution in [0.2, 0.25) is 0 Å². The lowest BCUT2D eigenvalue weighted by Crippen LogP contribution is -2.50. The van der Waals surface area contributed by atoms with Crippen LogP contribution in [0, 0.1) is 0 Å². The number of hydrogen-bond donors (Lipinski definition) is 5. The van der Waals surface area contributed by atoms with Gasteiger partial charge in [0.05, 0.1) is 13.0 Å². The highest BCUT2D eigenvalue weighted by Gasteiger charge is 2.25. The molecule has 15 heavy (non-hydrogen) atoms. The van der Waals surface area contributed by atoms with E-state index in [9.17, 15) is 14.4 Å². The minimum Gasteiger partial charge on any atom is -0.481 e. The average molecular weight is 220 g/mol. The molecule has 0 saturated carbocycles. The van der Waals surface area contributed by atoms with Crippen LogP contribution in [0.3, 0.4) is 0 Å². The highest BCUT2D eigenvalue weighted by atomic mass is 16.4. The first-order chi connectivity index (χ1) is 6.88. The fourth-order valence-electron chi connectivity index (χ4n) is 0.736. The second-order valence-corrected chi connectivity index (χ2v) is 2.79. The summed E-state index contributed by atoms with van der Waals surface area (Å²) in [6, 6.07) is -2.81. The fourth-order valence-corrected chi connectivity index (χ4v) is 0.736. The summed E-state index contributed by atoms with van der Waals surface area (Å²) in [6.07, 6.45) is -0.751. The lowest BCUT2D eigenvalue weighted by molar-refractivity contribution is -0.147. The lowest BCUT2D eigenvalue weighted by atomic mass is 10.2. The Balaban J connectivity index is 4.35. The van der Waals surface area contributed by atoms with Crippen LogP contribution < -0.4 is 11.1 Å².